The molecular formula is C12H19NO2. The monoisotopic (exact) mass is 209 g/mol. The van der Waals surface area contributed by atoms with Crippen molar-refractivity contribution in [3.63, 3.8) is 0 Å². The first-order chi connectivity index (χ1) is 7.36. The molecule has 0 fully saturated rings. The van der Waals surface area contributed by atoms with Crippen molar-refractivity contribution in [3.05, 3.63) is 30.3 Å². The zero-order chi connectivity index (χ0) is 10.9. The van der Waals surface area contributed by atoms with Gasteiger partial charge in [-0.25, -0.2) is 0 Å². The first-order valence-corrected chi connectivity index (χ1v) is 5.44. The molecule has 1 unspecified atom stereocenters. The lowest BCUT2D eigenvalue weighted by molar-refractivity contribution is 0.0400. The second-order valence-corrected chi connectivity index (χ2v) is 3.53. The van der Waals surface area contributed by atoms with Gasteiger partial charge in [0.15, 0.2) is 0 Å². The Labute approximate surface area is 91.0 Å². The lowest BCUT2D eigenvalue weighted by Gasteiger charge is -2.15. The Morgan fingerprint density at radius 3 is 2.67 bits per heavy atom. The van der Waals surface area contributed by atoms with E-state index in [0.717, 1.165) is 24.9 Å². The van der Waals surface area contributed by atoms with Crippen LogP contribution in [-0.2, 0) is 4.84 Å². The quantitative estimate of drug-likeness (QED) is 0.678. The maximum atomic E-state index is 9.07. The molecular weight excluding hydrogens is 190 g/mol. The number of rotatable bonds is 7. The molecule has 0 aliphatic heterocycles. The smallest absolute Gasteiger partial charge is 0.108 e. The number of unbranched alkanes of at least 4 members (excludes halogenated alkanes) is 1. The average Bonchev–Trinajstić information content (AvgIpc) is 2.31. The number of nitrogens with one attached hydrogen (secondary N) is 1. The predicted molar refractivity (Wildman–Crippen MR) is 61.5 cm³/mol. The summed E-state index contributed by atoms with van der Waals surface area (Å²) >= 11 is 0. The number of hydrogen-bond donors (Lipinski definition) is 2. The first-order valence-electron chi connectivity index (χ1n) is 5.44. The third-order valence-corrected chi connectivity index (χ3v) is 2.20. The Kier molecular flexibility index (Phi) is 5.81. The van der Waals surface area contributed by atoms with Crippen molar-refractivity contribution in [3.8, 4) is 0 Å². The van der Waals surface area contributed by atoms with E-state index in [0.29, 0.717) is 0 Å². The Hall–Kier alpha value is -1.06. The second-order valence-electron chi connectivity index (χ2n) is 3.53. The molecule has 3 heteroatoms. The van der Waals surface area contributed by atoms with E-state index in [4.69, 9.17) is 9.94 Å². The molecule has 84 valence electrons. The molecule has 0 saturated heterocycles. The summed E-state index contributed by atoms with van der Waals surface area (Å²) in [5.41, 5.74) is 3.75. The molecule has 2 N–H and O–H groups in total. The van der Waals surface area contributed by atoms with Crippen LogP contribution in [0.5, 0.6) is 0 Å². The molecule has 0 bridgehead atoms. The normalized spacial score (nSPS) is 12.4. The SMILES string of the molecule is CCCCC(CO)ONc1ccccc1. The highest BCUT2D eigenvalue weighted by molar-refractivity contribution is 5.39. The van der Waals surface area contributed by atoms with E-state index >= 15 is 0 Å². The minimum atomic E-state index is -0.120. The topological polar surface area (TPSA) is 41.5 Å². The van der Waals surface area contributed by atoms with E-state index in [-0.39, 0.29) is 12.7 Å². The van der Waals surface area contributed by atoms with E-state index in [2.05, 4.69) is 12.4 Å². The Bertz CT molecular complexity index is 251. The van der Waals surface area contributed by atoms with Gasteiger partial charge in [0, 0.05) is 0 Å². The lowest BCUT2D eigenvalue weighted by Crippen LogP contribution is -2.21. The Morgan fingerprint density at radius 2 is 2.07 bits per heavy atom. The van der Waals surface area contributed by atoms with Crippen molar-refractivity contribution in [1.82, 2.24) is 0 Å². The maximum Gasteiger partial charge on any atom is 0.108 e. The minimum Gasteiger partial charge on any atom is -0.394 e. The third kappa shape index (κ3) is 4.81. The largest absolute Gasteiger partial charge is 0.394 e. The van der Waals surface area contributed by atoms with E-state index in [1.807, 2.05) is 30.3 Å². The highest BCUT2D eigenvalue weighted by Crippen LogP contribution is 2.09. The van der Waals surface area contributed by atoms with Crippen LogP contribution in [0.2, 0.25) is 0 Å². The fraction of sp³-hybridized carbons (Fsp3) is 0.500. The number of anilines is 1. The van der Waals surface area contributed by atoms with Crippen molar-refractivity contribution in [1.29, 1.82) is 0 Å². The first kappa shape index (κ1) is 12.0. The molecule has 1 rings (SSSR count). The summed E-state index contributed by atoms with van der Waals surface area (Å²) in [6.07, 6.45) is 2.95. The van der Waals surface area contributed by atoms with Gasteiger partial charge in [-0.2, -0.15) is 0 Å². The van der Waals surface area contributed by atoms with Crippen molar-refractivity contribution in [2.75, 3.05) is 12.1 Å². The summed E-state index contributed by atoms with van der Waals surface area (Å²) in [4.78, 5) is 5.38. The number of aliphatic hydroxyl groups is 1. The van der Waals surface area contributed by atoms with Crippen LogP contribution >= 0.6 is 0 Å². The van der Waals surface area contributed by atoms with Gasteiger partial charge in [-0.05, 0) is 18.6 Å². The number of para-hydroxylation sites is 1. The zero-order valence-electron chi connectivity index (χ0n) is 9.15. The molecule has 0 aromatic heterocycles. The van der Waals surface area contributed by atoms with Crippen LogP contribution in [0.1, 0.15) is 26.2 Å². The van der Waals surface area contributed by atoms with Crippen molar-refractivity contribution >= 4 is 5.69 Å². The molecule has 1 aromatic rings. The zero-order valence-corrected chi connectivity index (χ0v) is 9.15. The van der Waals surface area contributed by atoms with Gasteiger partial charge in [0.05, 0.1) is 12.3 Å². The van der Waals surface area contributed by atoms with E-state index in [1.165, 1.54) is 0 Å². The fourth-order valence-corrected chi connectivity index (χ4v) is 1.28. The summed E-state index contributed by atoms with van der Waals surface area (Å²) in [5, 5.41) is 9.07. The molecule has 0 aliphatic carbocycles. The summed E-state index contributed by atoms with van der Waals surface area (Å²) in [6, 6.07) is 9.67. The molecule has 0 amide bonds. The molecule has 1 aromatic carbocycles. The van der Waals surface area contributed by atoms with Gasteiger partial charge in [0.25, 0.3) is 0 Å². The standard InChI is InChI=1S/C12H19NO2/c1-2-3-9-12(10-14)15-13-11-7-5-4-6-8-11/h4-8,12-14H,2-3,9-10H2,1H3. The Morgan fingerprint density at radius 1 is 1.33 bits per heavy atom. The van der Waals surface area contributed by atoms with Crippen molar-refractivity contribution < 1.29 is 9.94 Å². The molecule has 0 radical (unpaired) electrons. The fourth-order valence-electron chi connectivity index (χ4n) is 1.28. The summed E-state index contributed by atoms with van der Waals surface area (Å²) in [6.45, 7) is 2.18. The van der Waals surface area contributed by atoms with Gasteiger partial charge in [-0.1, -0.05) is 38.0 Å². The van der Waals surface area contributed by atoms with Crippen LogP contribution in [0.4, 0.5) is 5.69 Å². The van der Waals surface area contributed by atoms with E-state index < -0.39 is 0 Å². The number of benzene rings is 1. The van der Waals surface area contributed by atoms with Crippen LogP contribution in [0.15, 0.2) is 30.3 Å². The highest BCUT2D eigenvalue weighted by atomic mass is 16.7. The third-order valence-electron chi connectivity index (χ3n) is 2.20. The van der Waals surface area contributed by atoms with Crippen molar-refractivity contribution in [2.24, 2.45) is 0 Å². The maximum absolute atomic E-state index is 9.07. The van der Waals surface area contributed by atoms with Gasteiger partial charge in [0.1, 0.15) is 6.10 Å². The number of aliphatic hydroxyl groups excluding tert-OH is 1. The van der Waals surface area contributed by atoms with Crippen LogP contribution in [0.25, 0.3) is 0 Å². The van der Waals surface area contributed by atoms with Gasteiger partial charge in [-0.15, -0.1) is 0 Å². The minimum absolute atomic E-state index is 0.0554. The molecule has 0 spiro atoms. The highest BCUT2D eigenvalue weighted by Gasteiger charge is 2.06. The van der Waals surface area contributed by atoms with Crippen LogP contribution < -0.4 is 5.48 Å². The molecule has 0 saturated carbocycles. The summed E-state index contributed by atoms with van der Waals surface area (Å²) in [7, 11) is 0. The second kappa shape index (κ2) is 7.26. The van der Waals surface area contributed by atoms with Gasteiger partial charge in [0.2, 0.25) is 0 Å². The van der Waals surface area contributed by atoms with Gasteiger partial charge < -0.3 is 5.11 Å². The molecule has 0 aliphatic rings. The van der Waals surface area contributed by atoms with E-state index in [1.54, 1.807) is 0 Å². The summed E-state index contributed by atoms with van der Waals surface area (Å²) in [5.74, 6) is 0. The summed E-state index contributed by atoms with van der Waals surface area (Å²) < 4.78 is 0. The van der Waals surface area contributed by atoms with E-state index in [9.17, 15) is 0 Å². The predicted octanol–water partition coefficient (Wildman–Crippen LogP) is 2.58. The molecule has 1 atom stereocenters. The van der Waals surface area contributed by atoms with Crippen LogP contribution in [0.3, 0.4) is 0 Å². The molecule has 15 heavy (non-hydrogen) atoms. The van der Waals surface area contributed by atoms with Crippen LogP contribution in [0, 0.1) is 0 Å². The lowest BCUT2D eigenvalue weighted by atomic mass is 10.2. The molecule has 3 nitrogen and oxygen atoms in total. The van der Waals surface area contributed by atoms with Crippen LogP contribution in [-0.4, -0.2) is 17.8 Å². The molecule has 0 heterocycles. The Balaban J connectivity index is 2.28. The van der Waals surface area contributed by atoms with Gasteiger partial charge >= 0.3 is 0 Å². The number of hydrogen-bond acceptors (Lipinski definition) is 3. The van der Waals surface area contributed by atoms with Gasteiger partial charge in [-0.3, -0.25) is 10.3 Å². The van der Waals surface area contributed by atoms with Crippen molar-refractivity contribution in [2.45, 2.75) is 32.3 Å². The average molecular weight is 209 g/mol.